The number of ether oxygens (including phenoxy) is 1. The summed E-state index contributed by atoms with van der Waals surface area (Å²) in [5, 5.41) is 15.7. The van der Waals surface area contributed by atoms with Crippen molar-refractivity contribution in [3.63, 3.8) is 0 Å². The van der Waals surface area contributed by atoms with E-state index in [1.54, 1.807) is 36.4 Å². The molecule has 0 aliphatic heterocycles. The van der Waals surface area contributed by atoms with Crippen molar-refractivity contribution in [2.24, 2.45) is 5.10 Å². The third kappa shape index (κ3) is 6.10. The van der Waals surface area contributed by atoms with Gasteiger partial charge in [-0.2, -0.15) is 5.10 Å². The van der Waals surface area contributed by atoms with Gasteiger partial charge in [-0.05, 0) is 42.0 Å². The highest BCUT2D eigenvalue weighted by Gasteiger charge is 2.20. The van der Waals surface area contributed by atoms with Gasteiger partial charge in [0, 0.05) is 28.3 Å². The van der Waals surface area contributed by atoms with E-state index in [4.69, 9.17) is 16.3 Å². The fourth-order valence-corrected chi connectivity index (χ4v) is 2.71. The van der Waals surface area contributed by atoms with Gasteiger partial charge in [0.2, 0.25) is 5.75 Å². The van der Waals surface area contributed by atoms with Crippen molar-refractivity contribution in [1.29, 1.82) is 0 Å². The minimum absolute atomic E-state index is 0.136. The molecule has 0 aliphatic rings. The van der Waals surface area contributed by atoms with E-state index in [0.29, 0.717) is 10.6 Å². The molecule has 160 valence electrons. The predicted molar refractivity (Wildman–Crippen MR) is 121 cm³/mol. The highest BCUT2D eigenvalue weighted by molar-refractivity contribution is 6.30. The number of nitro groups is 1. The fourth-order valence-electron chi connectivity index (χ4n) is 2.59. The van der Waals surface area contributed by atoms with Crippen LogP contribution in [0.4, 0.5) is 5.69 Å². The van der Waals surface area contributed by atoms with E-state index in [0.717, 1.165) is 17.9 Å². The summed E-state index contributed by atoms with van der Waals surface area (Å²) in [5.74, 6) is -1.60. The summed E-state index contributed by atoms with van der Waals surface area (Å²) in [4.78, 5) is 35.1. The molecule has 9 heteroatoms. The van der Waals surface area contributed by atoms with Crippen LogP contribution in [0.1, 0.15) is 21.5 Å². The molecule has 0 heterocycles. The number of halogens is 1. The highest BCUT2D eigenvalue weighted by atomic mass is 35.5. The molecule has 8 nitrogen and oxygen atoms in total. The second-order valence-electron chi connectivity index (χ2n) is 6.32. The molecule has 0 aliphatic carbocycles. The normalized spacial score (nSPS) is 10.9. The van der Waals surface area contributed by atoms with Gasteiger partial charge in [0.25, 0.3) is 5.91 Å². The van der Waals surface area contributed by atoms with Crippen molar-refractivity contribution in [2.75, 3.05) is 0 Å². The number of rotatable bonds is 7. The Morgan fingerprint density at radius 3 is 2.41 bits per heavy atom. The molecule has 3 rings (SSSR count). The quantitative estimate of drug-likeness (QED) is 0.141. The van der Waals surface area contributed by atoms with E-state index in [-0.39, 0.29) is 11.3 Å². The summed E-state index contributed by atoms with van der Waals surface area (Å²) in [5.41, 5.74) is 3.11. The molecule has 0 fully saturated rings. The maximum atomic E-state index is 12.3. The zero-order chi connectivity index (χ0) is 22.9. The standard InChI is InChI=1S/C23H16ClN3O5/c24-19-12-10-17(11-13-19)23(29)26-25-15-18-7-4-8-20(27(30)31)22(18)32-21(28)14-9-16-5-2-1-3-6-16/h1-15H,(H,26,29)/b14-9+,25-15+. The Morgan fingerprint density at radius 1 is 1.00 bits per heavy atom. The monoisotopic (exact) mass is 449 g/mol. The summed E-state index contributed by atoms with van der Waals surface area (Å²) >= 11 is 5.79. The maximum absolute atomic E-state index is 12.3. The summed E-state index contributed by atoms with van der Waals surface area (Å²) in [6.07, 6.45) is 3.84. The van der Waals surface area contributed by atoms with Crippen LogP contribution < -0.4 is 10.2 Å². The van der Waals surface area contributed by atoms with Crippen LogP contribution in [0.5, 0.6) is 5.75 Å². The lowest BCUT2D eigenvalue weighted by Crippen LogP contribution is -2.17. The average molecular weight is 450 g/mol. The van der Waals surface area contributed by atoms with E-state index < -0.39 is 22.5 Å². The Labute approximate surface area is 187 Å². The van der Waals surface area contributed by atoms with Crippen molar-refractivity contribution >= 4 is 41.5 Å². The molecule has 0 spiro atoms. The number of hydrogen-bond donors (Lipinski definition) is 1. The van der Waals surface area contributed by atoms with E-state index in [2.05, 4.69) is 10.5 Å². The number of nitrogens with zero attached hydrogens (tertiary/aromatic N) is 2. The molecule has 3 aromatic rings. The van der Waals surface area contributed by atoms with Gasteiger partial charge in [0.1, 0.15) is 0 Å². The predicted octanol–water partition coefficient (Wildman–Crippen LogP) is 4.63. The van der Waals surface area contributed by atoms with Crippen molar-refractivity contribution in [2.45, 2.75) is 0 Å². The molecule has 0 bridgehead atoms. The molecule has 3 aromatic carbocycles. The minimum atomic E-state index is -0.803. The van der Waals surface area contributed by atoms with Crippen molar-refractivity contribution in [3.8, 4) is 5.75 Å². The lowest BCUT2D eigenvalue weighted by Gasteiger charge is -2.06. The number of nitrogens with one attached hydrogen (secondary N) is 1. The molecule has 32 heavy (non-hydrogen) atoms. The van der Waals surface area contributed by atoms with Gasteiger partial charge >= 0.3 is 11.7 Å². The number of nitro benzene ring substituents is 1. The third-order valence-electron chi connectivity index (χ3n) is 4.11. The number of hydrogen-bond acceptors (Lipinski definition) is 6. The first kappa shape index (κ1) is 22.4. The Hall–Kier alpha value is -4.30. The van der Waals surface area contributed by atoms with Gasteiger partial charge in [-0.1, -0.05) is 48.0 Å². The van der Waals surface area contributed by atoms with Gasteiger partial charge in [-0.25, -0.2) is 10.2 Å². The number of benzene rings is 3. The largest absolute Gasteiger partial charge is 0.415 e. The van der Waals surface area contributed by atoms with E-state index in [1.807, 2.05) is 6.07 Å². The van der Waals surface area contributed by atoms with Gasteiger partial charge in [-0.15, -0.1) is 0 Å². The zero-order valence-electron chi connectivity index (χ0n) is 16.5. The van der Waals surface area contributed by atoms with Gasteiger partial charge in [0.05, 0.1) is 11.1 Å². The van der Waals surface area contributed by atoms with Crippen LogP contribution in [-0.2, 0) is 4.79 Å². The lowest BCUT2D eigenvalue weighted by atomic mass is 10.2. The molecule has 0 atom stereocenters. The number of hydrazone groups is 1. The summed E-state index contributed by atoms with van der Waals surface area (Å²) in [7, 11) is 0. The van der Waals surface area contributed by atoms with Crippen LogP contribution in [0, 0.1) is 10.1 Å². The number of carbonyl (C=O) groups is 2. The van der Waals surface area contributed by atoms with Crippen molar-refractivity contribution in [1.82, 2.24) is 5.43 Å². The second-order valence-corrected chi connectivity index (χ2v) is 6.76. The molecule has 0 saturated heterocycles. The van der Waals surface area contributed by atoms with E-state index in [1.165, 1.54) is 36.4 Å². The fraction of sp³-hybridized carbons (Fsp3) is 0. The summed E-state index contributed by atoms with van der Waals surface area (Å²) in [6, 6.07) is 19.3. The molecule has 0 radical (unpaired) electrons. The molecular formula is C23H16ClN3O5. The molecule has 0 aromatic heterocycles. The van der Waals surface area contributed by atoms with Crippen LogP contribution in [0.15, 0.2) is 84.0 Å². The molecule has 0 unspecified atom stereocenters. The number of esters is 1. The Bertz CT molecular complexity index is 1190. The minimum Gasteiger partial charge on any atom is -0.415 e. The SMILES string of the molecule is O=C(/C=C/c1ccccc1)Oc1c(/C=N/NC(=O)c2ccc(Cl)cc2)cccc1[N+](=O)[O-]. The molecule has 1 amide bonds. The van der Waals surface area contributed by atoms with Gasteiger partial charge in [-0.3, -0.25) is 14.9 Å². The van der Waals surface area contributed by atoms with Crippen molar-refractivity contribution < 1.29 is 19.2 Å². The molecule has 0 saturated carbocycles. The van der Waals surface area contributed by atoms with Crippen LogP contribution in [0.3, 0.4) is 0 Å². The lowest BCUT2D eigenvalue weighted by molar-refractivity contribution is -0.385. The third-order valence-corrected chi connectivity index (χ3v) is 4.36. The van der Waals surface area contributed by atoms with E-state index >= 15 is 0 Å². The summed E-state index contributed by atoms with van der Waals surface area (Å²) < 4.78 is 5.23. The first-order valence-electron chi connectivity index (χ1n) is 9.25. The van der Waals surface area contributed by atoms with Crippen LogP contribution in [0.25, 0.3) is 6.08 Å². The second kappa shape index (κ2) is 10.6. The molecular weight excluding hydrogens is 434 g/mol. The first-order valence-corrected chi connectivity index (χ1v) is 9.63. The summed E-state index contributed by atoms with van der Waals surface area (Å²) in [6.45, 7) is 0. The highest BCUT2D eigenvalue weighted by Crippen LogP contribution is 2.30. The Kier molecular flexibility index (Phi) is 7.45. The number of para-hydroxylation sites is 1. The smallest absolute Gasteiger partial charge is 0.336 e. The Morgan fingerprint density at radius 2 is 1.72 bits per heavy atom. The maximum Gasteiger partial charge on any atom is 0.336 e. The topological polar surface area (TPSA) is 111 Å². The average Bonchev–Trinajstić information content (AvgIpc) is 2.79. The van der Waals surface area contributed by atoms with E-state index in [9.17, 15) is 19.7 Å². The van der Waals surface area contributed by atoms with Gasteiger partial charge in [0.15, 0.2) is 0 Å². The zero-order valence-corrected chi connectivity index (χ0v) is 17.2. The van der Waals surface area contributed by atoms with Crippen LogP contribution in [0.2, 0.25) is 5.02 Å². The van der Waals surface area contributed by atoms with Crippen molar-refractivity contribution in [3.05, 3.63) is 111 Å². The number of carbonyl (C=O) groups excluding carboxylic acids is 2. The number of amides is 1. The first-order chi connectivity index (χ1) is 15.4. The van der Waals surface area contributed by atoms with Crippen LogP contribution in [-0.4, -0.2) is 23.0 Å². The Balaban J connectivity index is 1.78. The molecule has 1 N–H and O–H groups in total. The van der Waals surface area contributed by atoms with Crippen LogP contribution >= 0.6 is 11.6 Å². The van der Waals surface area contributed by atoms with Gasteiger partial charge < -0.3 is 4.74 Å².